The van der Waals surface area contributed by atoms with Gasteiger partial charge in [0.1, 0.15) is 0 Å². The van der Waals surface area contributed by atoms with Crippen LogP contribution in [0.1, 0.15) is 45.7 Å². The van der Waals surface area contributed by atoms with Gasteiger partial charge in [-0.15, -0.1) is 0 Å². The molecule has 1 fully saturated rings. The van der Waals surface area contributed by atoms with E-state index in [1.54, 1.807) is 0 Å². The van der Waals surface area contributed by atoms with Crippen LogP contribution in [-0.2, 0) is 14.7 Å². The van der Waals surface area contributed by atoms with Crippen molar-refractivity contribution in [3.05, 3.63) is 53.6 Å². The van der Waals surface area contributed by atoms with Gasteiger partial charge in [-0.05, 0) is 48.5 Å². The zero-order valence-electron chi connectivity index (χ0n) is 14.5. The third kappa shape index (κ3) is 2.10. The smallest absolute Gasteiger partial charge is 0.402 e. The maximum atomic E-state index is 6.13. The first-order valence-corrected chi connectivity index (χ1v) is 8.38. The Kier molecular flexibility index (Phi) is 3.07. The Morgan fingerprint density at radius 1 is 0.913 bits per heavy atom. The Hall–Kier alpha value is -1.58. The first-order valence-electron chi connectivity index (χ1n) is 8.38. The molecule has 2 nitrogen and oxygen atoms in total. The molecule has 2 aromatic carbocycles. The van der Waals surface area contributed by atoms with E-state index in [9.17, 15) is 0 Å². The number of fused-ring (bicyclic) bond motifs is 3. The largest absolute Gasteiger partial charge is 0.494 e. The summed E-state index contributed by atoms with van der Waals surface area (Å²) in [4.78, 5) is 0. The van der Waals surface area contributed by atoms with Crippen LogP contribution < -0.4 is 5.46 Å². The number of hydrogen-bond donors (Lipinski definition) is 0. The van der Waals surface area contributed by atoms with Gasteiger partial charge in [-0.25, -0.2) is 0 Å². The van der Waals surface area contributed by atoms with Gasteiger partial charge in [0.05, 0.1) is 11.7 Å². The van der Waals surface area contributed by atoms with Gasteiger partial charge in [0, 0.05) is 5.41 Å². The van der Waals surface area contributed by atoms with Crippen LogP contribution in [-0.4, -0.2) is 18.8 Å². The average molecular weight is 306 g/mol. The van der Waals surface area contributed by atoms with E-state index in [1.165, 1.54) is 22.3 Å². The minimum absolute atomic E-state index is 0.0156. The fourth-order valence-electron chi connectivity index (χ4n) is 3.76. The first kappa shape index (κ1) is 15.0. The van der Waals surface area contributed by atoms with Crippen molar-refractivity contribution < 1.29 is 9.31 Å². The lowest BCUT2D eigenvalue weighted by Crippen LogP contribution is -2.35. The minimum Gasteiger partial charge on any atom is -0.402 e. The molecule has 1 aliphatic carbocycles. The standard InChI is InChI=1S/C20H23BO2/c1-13-20(4,5)23-21(22-13)14-10-11-16-15-8-6-7-9-17(15)19(2,3)18(16)12-14/h6-13H,1-5H3. The van der Waals surface area contributed by atoms with E-state index in [0.29, 0.717) is 0 Å². The zero-order chi connectivity index (χ0) is 16.4. The highest BCUT2D eigenvalue weighted by atomic mass is 16.7. The maximum Gasteiger partial charge on any atom is 0.494 e. The van der Waals surface area contributed by atoms with Crippen molar-refractivity contribution in [1.82, 2.24) is 0 Å². The van der Waals surface area contributed by atoms with Gasteiger partial charge in [0.15, 0.2) is 0 Å². The molecule has 0 spiro atoms. The van der Waals surface area contributed by atoms with E-state index < -0.39 is 0 Å². The van der Waals surface area contributed by atoms with Gasteiger partial charge >= 0.3 is 7.12 Å². The molecule has 2 aromatic rings. The van der Waals surface area contributed by atoms with E-state index in [0.717, 1.165) is 5.46 Å². The van der Waals surface area contributed by atoms with Crippen molar-refractivity contribution in [1.29, 1.82) is 0 Å². The lowest BCUT2D eigenvalue weighted by molar-refractivity contribution is 0.0842. The summed E-state index contributed by atoms with van der Waals surface area (Å²) in [5.41, 5.74) is 6.32. The van der Waals surface area contributed by atoms with E-state index in [4.69, 9.17) is 9.31 Å². The number of hydrogen-bond acceptors (Lipinski definition) is 2. The Labute approximate surface area is 139 Å². The van der Waals surface area contributed by atoms with Crippen LogP contribution in [0.3, 0.4) is 0 Å². The summed E-state index contributed by atoms with van der Waals surface area (Å²) in [7, 11) is -0.273. The van der Waals surface area contributed by atoms with E-state index >= 15 is 0 Å². The Morgan fingerprint density at radius 3 is 2.30 bits per heavy atom. The second-order valence-electron chi connectivity index (χ2n) is 7.81. The summed E-state index contributed by atoms with van der Waals surface area (Å²) in [6, 6.07) is 15.3. The molecule has 3 heteroatoms. The molecular formula is C20H23BO2. The molecule has 2 aliphatic rings. The van der Waals surface area contributed by atoms with Crippen molar-refractivity contribution in [2.75, 3.05) is 0 Å². The highest BCUT2D eigenvalue weighted by molar-refractivity contribution is 6.62. The lowest BCUT2D eigenvalue weighted by Gasteiger charge is -2.22. The van der Waals surface area contributed by atoms with Gasteiger partial charge in [0.25, 0.3) is 0 Å². The summed E-state index contributed by atoms with van der Waals surface area (Å²) in [5, 5.41) is 0. The topological polar surface area (TPSA) is 18.5 Å². The fraction of sp³-hybridized carbons (Fsp3) is 0.400. The molecule has 0 amide bonds. The van der Waals surface area contributed by atoms with Crippen LogP contribution in [0.25, 0.3) is 11.1 Å². The monoisotopic (exact) mass is 306 g/mol. The molecule has 0 saturated carbocycles. The Morgan fingerprint density at radius 2 is 1.61 bits per heavy atom. The highest BCUT2D eigenvalue weighted by Gasteiger charge is 2.45. The molecule has 1 heterocycles. The van der Waals surface area contributed by atoms with Crippen molar-refractivity contribution in [3.8, 4) is 11.1 Å². The number of rotatable bonds is 1. The molecule has 0 bridgehead atoms. The molecule has 0 N–H and O–H groups in total. The van der Waals surface area contributed by atoms with E-state index in [-0.39, 0.29) is 24.2 Å². The van der Waals surface area contributed by atoms with E-state index in [2.05, 4.69) is 77.1 Å². The van der Waals surface area contributed by atoms with E-state index in [1.807, 2.05) is 0 Å². The maximum absolute atomic E-state index is 6.13. The number of benzene rings is 2. The molecule has 1 aliphatic heterocycles. The molecule has 23 heavy (non-hydrogen) atoms. The van der Waals surface area contributed by atoms with Crippen LogP contribution in [0.2, 0.25) is 0 Å². The lowest BCUT2D eigenvalue weighted by atomic mass is 9.74. The predicted molar refractivity (Wildman–Crippen MR) is 95.1 cm³/mol. The third-order valence-electron chi connectivity index (χ3n) is 5.60. The molecule has 1 unspecified atom stereocenters. The van der Waals surface area contributed by atoms with Gasteiger partial charge < -0.3 is 9.31 Å². The van der Waals surface area contributed by atoms with Crippen molar-refractivity contribution in [3.63, 3.8) is 0 Å². The van der Waals surface area contributed by atoms with Crippen LogP contribution in [0, 0.1) is 0 Å². The quantitative estimate of drug-likeness (QED) is 0.744. The average Bonchev–Trinajstić information content (AvgIpc) is 2.92. The van der Waals surface area contributed by atoms with Gasteiger partial charge in [-0.3, -0.25) is 0 Å². The molecule has 1 saturated heterocycles. The molecule has 4 rings (SSSR count). The second-order valence-corrected chi connectivity index (χ2v) is 7.81. The molecule has 118 valence electrons. The molecular weight excluding hydrogens is 283 g/mol. The summed E-state index contributed by atoms with van der Waals surface area (Å²) in [6.45, 7) is 10.8. The van der Waals surface area contributed by atoms with Crippen molar-refractivity contribution in [2.45, 2.75) is 51.7 Å². The van der Waals surface area contributed by atoms with Crippen LogP contribution in [0.15, 0.2) is 42.5 Å². The van der Waals surface area contributed by atoms with Gasteiger partial charge in [0.2, 0.25) is 0 Å². The van der Waals surface area contributed by atoms with Gasteiger partial charge in [-0.1, -0.05) is 56.3 Å². The van der Waals surface area contributed by atoms with Crippen molar-refractivity contribution >= 4 is 12.6 Å². The third-order valence-corrected chi connectivity index (χ3v) is 5.60. The SMILES string of the molecule is CC1OB(c2ccc3c(c2)C(C)(C)c2ccccc2-3)OC1(C)C. The summed E-state index contributed by atoms with van der Waals surface area (Å²) < 4.78 is 12.2. The Bertz CT molecular complexity index is 779. The Balaban J connectivity index is 1.78. The minimum atomic E-state index is -0.273. The fourth-order valence-corrected chi connectivity index (χ4v) is 3.76. The first-order chi connectivity index (χ1) is 10.8. The second kappa shape index (κ2) is 4.72. The predicted octanol–water partition coefficient (Wildman–Crippen LogP) is 3.90. The molecule has 1 atom stereocenters. The summed E-state index contributed by atoms with van der Waals surface area (Å²) in [5.74, 6) is 0. The summed E-state index contributed by atoms with van der Waals surface area (Å²) >= 11 is 0. The molecule has 0 aromatic heterocycles. The zero-order valence-corrected chi connectivity index (χ0v) is 14.5. The van der Waals surface area contributed by atoms with Crippen LogP contribution in [0.5, 0.6) is 0 Å². The van der Waals surface area contributed by atoms with Crippen molar-refractivity contribution in [2.24, 2.45) is 0 Å². The van der Waals surface area contributed by atoms with Gasteiger partial charge in [-0.2, -0.15) is 0 Å². The highest BCUT2D eigenvalue weighted by Crippen LogP contribution is 2.48. The molecule has 0 radical (unpaired) electrons. The normalized spacial score (nSPS) is 23.7. The van der Waals surface area contributed by atoms with Crippen LogP contribution >= 0.6 is 0 Å². The van der Waals surface area contributed by atoms with Crippen LogP contribution in [0.4, 0.5) is 0 Å². The summed E-state index contributed by atoms with van der Waals surface area (Å²) in [6.07, 6.45) is 0.0889.